The van der Waals surface area contributed by atoms with E-state index in [1.165, 1.54) is 0 Å². The van der Waals surface area contributed by atoms with Gasteiger partial charge in [0, 0.05) is 35.5 Å². The molecule has 5 nitrogen and oxygen atoms in total. The smallest absolute Gasteiger partial charge is 0.232 e. The standard InChI is InChI=1S/C24H18Cl2N2O3/c1-14-8-20-18(12-28(13-30-20)11-16-2-3-17(25)10-19(16)26)24-22(14)23(29)21(31-24)9-15-4-6-27-7-5-15/h2-10H,11-13H2,1H3/b21-9-. The Hall–Kier alpha value is -2.86. The fourth-order valence-corrected chi connectivity index (χ4v) is 4.35. The molecule has 0 unspecified atom stereocenters. The molecule has 0 N–H and O–H groups in total. The number of carbonyl (C=O) groups excluding carboxylic acids is 1. The first kappa shape index (κ1) is 20.1. The highest BCUT2D eigenvalue weighted by atomic mass is 35.5. The Balaban J connectivity index is 1.46. The van der Waals surface area contributed by atoms with Gasteiger partial charge in [0.15, 0.2) is 5.76 Å². The molecule has 0 bridgehead atoms. The Bertz CT molecular complexity index is 1230. The largest absolute Gasteiger partial charge is 0.478 e. The second kappa shape index (κ2) is 8.00. The van der Waals surface area contributed by atoms with Gasteiger partial charge >= 0.3 is 0 Å². The number of nitrogens with zero attached hydrogens (tertiary/aromatic N) is 2. The number of ether oxygens (including phenoxy) is 2. The minimum absolute atomic E-state index is 0.120. The van der Waals surface area contributed by atoms with E-state index < -0.39 is 0 Å². The van der Waals surface area contributed by atoms with Crippen LogP contribution in [0.2, 0.25) is 10.0 Å². The van der Waals surface area contributed by atoms with Gasteiger partial charge in [-0.3, -0.25) is 14.7 Å². The molecule has 0 spiro atoms. The molecule has 3 aromatic rings. The van der Waals surface area contributed by atoms with Gasteiger partial charge in [0.1, 0.15) is 18.2 Å². The second-order valence-corrected chi connectivity index (χ2v) is 8.43. The summed E-state index contributed by atoms with van der Waals surface area (Å²) < 4.78 is 12.1. The van der Waals surface area contributed by atoms with Crippen LogP contribution in [0.4, 0.5) is 0 Å². The quantitative estimate of drug-likeness (QED) is 0.479. The number of rotatable bonds is 3. The highest BCUT2D eigenvalue weighted by Gasteiger charge is 2.35. The van der Waals surface area contributed by atoms with E-state index in [4.69, 9.17) is 32.7 Å². The van der Waals surface area contributed by atoms with Crippen LogP contribution in [0, 0.1) is 6.92 Å². The number of benzene rings is 2. The van der Waals surface area contributed by atoms with Crippen LogP contribution >= 0.6 is 23.2 Å². The number of pyridine rings is 1. The van der Waals surface area contributed by atoms with Gasteiger partial charge in [0.25, 0.3) is 0 Å². The van der Waals surface area contributed by atoms with Gasteiger partial charge in [-0.05, 0) is 60.0 Å². The van der Waals surface area contributed by atoms with Crippen LogP contribution in [0.25, 0.3) is 6.08 Å². The first-order valence-electron chi connectivity index (χ1n) is 9.79. The van der Waals surface area contributed by atoms with Crippen LogP contribution < -0.4 is 9.47 Å². The number of Topliss-reactive ketones (excluding diaryl/α,β-unsaturated/α-hetero) is 1. The van der Waals surface area contributed by atoms with Crippen molar-refractivity contribution in [2.75, 3.05) is 6.73 Å². The maximum atomic E-state index is 13.1. The lowest BCUT2D eigenvalue weighted by Gasteiger charge is -2.30. The normalized spacial score (nSPS) is 16.6. The van der Waals surface area contributed by atoms with Crippen molar-refractivity contribution < 1.29 is 14.3 Å². The molecule has 3 heterocycles. The molecule has 0 amide bonds. The van der Waals surface area contributed by atoms with Gasteiger partial charge < -0.3 is 9.47 Å². The molecule has 0 fully saturated rings. The average molecular weight is 453 g/mol. The van der Waals surface area contributed by atoms with E-state index in [0.29, 0.717) is 46.9 Å². The summed E-state index contributed by atoms with van der Waals surface area (Å²) in [6.45, 7) is 3.48. The van der Waals surface area contributed by atoms with Crippen molar-refractivity contribution in [3.8, 4) is 11.5 Å². The fourth-order valence-electron chi connectivity index (χ4n) is 3.88. The number of hydrogen-bond donors (Lipinski definition) is 0. The van der Waals surface area contributed by atoms with Crippen LogP contribution in [0.5, 0.6) is 11.5 Å². The SMILES string of the molecule is Cc1cc2c(c3c1C(=O)/C(=C/c1ccncc1)O3)CN(Cc1ccc(Cl)cc1Cl)CO2. The summed E-state index contributed by atoms with van der Waals surface area (Å²) in [5.74, 6) is 1.50. The Labute approximate surface area is 189 Å². The van der Waals surface area contributed by atoms with Gasteiger partial charge in [0.05, 0.1) is 11.1 Å². The van der Waals surface area contributed by atoms with E-state index in [9.17, 15) is 4.79 Å². The summed E-state index contributed by atoms with van der Waals surface area (Å²) >= 11 is 12.4. The number of ketones is 1. The minimum atomic E-state index is -0.120. The van der Waals surface area contributed by atoms with Crippen molar-refractivity contribution in [3.63, 3.8) is 0 Å². The number of halogens is 2. The molecular formula is C24H18Cl2N2O3. The molecule has 0 aliphatic carbocycles. The van der Waals surface area contributed by atoms with Crippen molar-refractivity contribution in [1.82, 2.24) is 9.88 Å². The van der Waals surface area contributed by atoms with Crippen LogP contribution in [-0.2, 0) is 13.1 Å². The van der Waals surface area contributed by atoms with Crippen LogP contribution in [0.3, 0.4) is 0 Å². The predicted molar refractivity (Wildman–Crippen MR) is 120 cm³/mol. The predicted octanol–water partition coefficient (Wildman–Crippen LogP) is 5.67. The van der Waals surface area contributed by atoms with E-state index in [0.717, 1.165) is 28.0 Å². The number of allylic oxidation sites excluding steroid dienone is 1. The topological polar surface area (TPSA) is 51.7 Å². The molecule has 2 aliphatic heterocycles. The monoisotopic (exact) mass is 452 g/mol. The molecule has 5 rings (SSSR count). The Kier molecular flexibility index (Phi) is 5.18. The Morgan fingerprint density at radius 3 is 2.74 bits per heavy atom. The maximum Gasteiger partial charge on any atom is 0.232 e. The van der Waals surface area contributed by atoms with Crippen LogP contribution in [-0.4, -0.2) is 22.4 Å². The molecular weight excluding hydrogens is 435 g/mol. The first-order chi connectivity index (χ1) is 15.0. The second-order valence-electron chi connectivity index (χ2n) is 7.59. The van der Waals surface area contributed by atoms with E-state index >= 15 is 0 Å². The molecule has 31 heavy (non-hydrogen) atoms. The summed E-state index contributed by atoms with van der Waals surface area (Å²) in [6, 6.07) is 11.0. The van der Waals surface area contributed by atoms with E-state index in [-0.39, 0.29) is 5.78 Å². The summed E-state index contributed by atoms with van der Waals surface area (Å²) in [5.41, 5.74) is 4.11. The molecule has 0 saturated heterocycles. The lowest BCUT2D eigenvalue weighted by molar-refractivity contribution is 0.0872. The van der Waals surface area contributed by atoms with Gasteiger partial charge in [-0.2, -0.15) is 0 Å². The van der Waals surface area contributed by atoms with Crippen molar-refractivity contribution >= 4 is 35.1 Å². The highest BCUT2D eigenvalue weighted by molar-refractivity contribution is 6.35. The van der Waals surface area contributed by atoms with Gasteiger partial charge in [-0.15, -0.1) is 0 Å². The van der Waals surface area contributed by atoms with Gasteiger partial charge in [-0.25, -0.2) is 0 Å². The molecule has 1 aromatic heterocycles. The van der Waals surface area contributed by atoms with Crippen LogP contribution in [0.1, 0.15) is 32.6 Å². The third kappa shape index (κ3) is 3.81. The minimum Gasteiger partial charge on any atom is -0.478 e. The number of carbonyl (C=O) groups is 1. The van der Waals surface area contributed by atoms with E-state index in [1.807, 2.05) is 37.3 Å². The van der Waals surface area contributed by atoms with Crippen molar-refractivity contribution in [1.29, 1.82) is 0 Å². The summed E-state index contributed by atoms with van der Waals surface area (Å²) in [6.07, 6.45) is 5.10. The Morgan fingerprint density at radius 1 is 1.16 bits per heavy atom. The summed E-state index contributed by atoms with van der Waals surface area (Å²) in [5, 5.41) is 1.21. The Morgan fingerprint density at radius 2 is 1.97 bits per heavy atom. The van der Waals surface area contributed by atoms with Crippen molar-refractivity contribution in [2.24, 2.45) is 0 Å². The molecule has 7 heteroatoms. The zero-order chi connectivity index (χ0) is 21.5. The third-order valence-electron chi connectivity index (χ3n) is 5.40. The summed E-state index contributed by atoms with van der Waals surface area (Å²) in [7, 11) is 0. The third-order valence-corrected chi connectivity index (χ3v) is 5.99. The van der Waals surface area contributed by atoms with Crippen LogP contribution in [0.15, 0.2) is 54.6 Å². The molecule has 156 valence electrons. The molecule has 2 aromatic carbocycles. The fraction of sp³-hybridized carbons (Fsp3) is 0.167. The lowest BCUT2D eigenvalue weighted by Crippen LogP contribution is -2.32. The van der Waals surface area contributed by atoms with Gasteiger partial charge in [0.2, 0.25) is 5.78 Å². The van der Waals surface area contributed by atoms with Crippen molar-refractivity contribution in [3.05, 3.63) is 92.4 Å². The number of aromatic nitrogens is 1. The summed E-state index contributed by atoms with van der Waals surface area (Å²) in [4.78, 5) is 19.2. The van der Waals surface area contributed by atoms with Gasteiger partial charge in [-0.1, -0.05) is 29.3 Å². The molecule has 2 aliphatic rings. The number of aryl methyl sites for hydroxylation is 1. The highest BCUT2D eigenvalue weighted by Crippen LogP contribution is 2.44. The zero-order valence-electron chi connectivity index (χ0n) is 16.7. The molecule has 0 atom stereocenters. The molecule has 0 saturated carbocycles. The number of fused-ring (bicyclic) bond motifs is 3. The molecule has 0 radical (unpaired) electrons. The first-order valence-corrected chi connectivity index (χ1v) is 10.5. The zero-order valence-corrected chi connectivity index (χ0v) is 18.2. The van der Waals surface area contributed by atoms with E-state index in [1.54, 1.807) is 24.5 Å². The maximum absolute atomic E-state index is 13.1. The number of hydrogen-bond acceptors (Lipinski definition) is 5. The van der Waals surface area contributed by atoms with Crippen molar-refractivity contribution in [2.45, 2.75) is 20.0 Å². The van der Waals surface area contributed by atoms with E-state index in [2.05, 4.69) is 9.88 Å². The lowest BCUT2D eigenvalue weighted by atomic mass is 9.98. The average Bonchev–Trinajstić information content (AvgIpc) is 3.08.